The van der Waals surface area contributed by atoms with E-state index in [0.29, 0.717) is 10.8 Å². The summed E-state index contributed by atoms with van der Waals surface area (Å²) in [6.45, 7) is 1.49. The number of hydrogen-bond donors (Lipinski definition) is 1. The minimum absolute atomic E-state index is 0.0928. The lowest BCUT2D eigenvalue weighted by Gasteiger charge is -2.04. The van der Waals surface area contributed by atoms with Crippen molar-refractivity contribution < 1.29 is 14.5 Å². The number of nitrogens with one attached hydrogen (secondary N) is 1. The summed E-state index contributed by atoms with van der Waals surface area (Å²) < 4.78 is 5.39. The molecule has 0 aliphatic carbocycles. The molecule has 0 saturated carbocycles. The highest BCUT2D eigenvalue weighted by molar-refractivity contribution is 7.13. The van der Waals surface area contributed by atoms with Crippen LogP contribution >= 0.6 is 11.3 Å². The molecule has 0 fully saturated rings. The standard InChI is InChI=1S/C12H11N3O4S/c1-8(16)13-12-14-9(7-20-12)6-19-11-5-3-2-4-10(11)15(17)18/h2-5,7H,6H2,1H3,(H,13,14,16). The highest BCUT2D eigenvalue weighted by atomic mass is 32.1. The van der Waals surface area contributed by atoms with Crippen molar-refractivity contribution in [3.63, 3.8) is 0 Å². The predicted octanol–water partition coefficient (Wildman–Crippen LogP) is 2.59. The number of carbonyl (C=O) groups excluding carboxylic acids is 1. The zero-order valence-electron chi connectivity index (χ0n) is 10.5. The van der Waals surface area contributed by atoms with Gasteiger partial charge in [0.05, 0.1) is 10.6 Å². The van der Waals surface area contributed by atoms with Crippen LogP contribution in [0.25, 0.3) is 0 Å². The van der Waals surface area contributed by atoms with Gasteiger partial charge in [0.1, 0.15) is 6.61 Å². The van der Waals surface area contributed by atoms with Gasteiger partial charge in [0.25, 0.3) is 0 Å². The molecule has 7 nitrogen and oxygen atoms in total. The van der Waals surface area contributed by atoms with E-state index in [-0.39, 0.29) is 24.0 Å². The Bertz CT molecular complexity index is 641. The van der Waals surface area contributed by atoms with Gasteiger partial charge in [-0.3, -0.25) is 14.9 Å². The van der Waals surface area contributed by atoms with Crippen molar-refractivity contribution in [3.05, 3.63) is 45.5 Å². The molecular weight excluding hydrogens is 282 g/mol. The van der Waals surface area contributed by atoms with Gasteiger partial charge in [0.2, 0.25) is 5.91 Å². The van der Waals surface area contributed by atoms with Crippen molar-refractivity contribution in [1.82, 2.24) is 4.98 Å². The third-order valence-electron chi connectivity index (χ3n) is 2.27. The van der Waals surface area contributed by atoms with Crippen LogP contribution in [0.3, 0.4) is 0 Å². The quantitative estimate of drug-likeness (QED) is 0.675. The first-order valence-electron chi connectivity index (χ1n) is 5.64. The van der Waals surface area contributed by atoms with Crippen LogP contribution in [0.5, 0.6) is 5.75 Å². The number of aromatic nitrogens is 1. The SMILES string of the molecule is CC(=O)Nc1nc(COc2ccccc2[N+](=O)[O-])cs1. The van der Waals surface area contributed by atoms with Crippen molar-refractivity contribution in [2.24, 2.45) is 0 Å². The molecule has 2 aromatic rings. The molecule has 0 saturated heterocycles. The smallest absolute Gasteiger partial charge is 0.310 e. The third kappa shape index (κ3) is 3.51. The fourth-order valence-electron chi connectivity index (χ4n) is 1.46. The summed E-state index contributed by atoms with van der Waals surface area (Å²) in [4.78, 5) is 25.3. The van der Waals surface area contributed by atoms with Gasteiger partial charge >= 0.3 is 5.69 Å². The Morgan fingerprint density at radius 1 is 1.50 bits per heavy atom. The van der Waals surface area contributed by atoms with Crippen LogP contribution in [0.1, 0.15) is 12.6 Å². The maximum atomic E-state index is 10.9. The molecule has 0 unspecified atom stereocenters. The second-order valence-electron chi connectivity index (χ2n) is 3.84. The van der Waals surface area contributed by atoms with Crippen LogP contribution < -0.4 is 10.1 Å². The summed E-state index contributed by atoms with van der Waals surface area (Å²) in [7, 11) is 0. The number of hydrogen-bond acceptors (Lipinski definition) is 6. The summed E-state index contributed by atoms with van der Waals surface area (Å²) in [5.74, 6) is -0.0166. The van der Waals surface area contributed by atoms with E-state index < -0.39 is 4.92 Å². The molecule has 1 aromatic heterocycles. The molecule has 2 rings (SSSR count). The number of carbonyl (C=O) groups is 1. The summed E-state index contributed by atoms with van der Waals surface area (Å²) in [6.07, 6.45) is 0. The zero-order chi connectivity index (χ0) is 14.5. The van der Waals surface area contributed by atoms with E-state index in [1.165, 1.54) is 30.4 Å². The maximum Gasteiger partial charge on any atom is 0.310 e. The molecule has 0 atom stereocenters. The van der Waals surface area contributed by atoms with Crippen molar-refractivity contribution in [2.45, 2.75) is 13.5 Å². The first kappa shape index (κ1) is 13.9. The van der Waals surface area contributed by atoms with E-state index in [2.05, 4.69) is 10.3 Å². The Morgan fingerprint density at radius 3 is 2.95 bits per heavy atom. The first-order chi connectivity index (χ1) is 9.56. The molecule has 1 amide bonds. The average molecular weight is 293 g/mol. The Morgan fingerprint density at radius 2 is 2.25 bits per heavy atom. The van der Waals surface area contributed by atoms with Crippen LogP contribution in [0.15, 0.2) is 29.6 Å². The fourth-order valence-corrected chi connectivity index (χ4v) is 2.20. The fraction of sp³-hybridized carbons (Fsp3) is 0.167. The highest BCUT2D eigenvalue weighted by Crippen LogP contribution is 2.27. The first-order valence-corrected chi connectivity index (χ1v) is 6.52. The molecule has 0 aliphatic rings. The molecule has 0 aliphatic heterocycles. The van der Waals surface area contributed by atoms with Crippen LogP contribution in [-0.4, -0.2) is 15.8 Å². The van der Waals surface area contributed by atoms with Gasteiger partial charge in [0, 0.05) is 18.4 Å². The summed E-state index contributed by atoms with van der Waals surface area (Å²) >= 11 is 1.27. The molecule has 0 bridgehead atoms. The largest absolute Gasteiger partial charge is 0.480 e. The van der Waals surface area contributed by atoms with Gasteiger partial charge in [-0.05, 0) is 6.07 Å². The molecule has 20 heavy (non-hydrogen) atoms. The van der Waals surface area contributed by atoms with E-state index in [1.54, 1.807) is 17.5 Å². The predicted molar refractivity (Wildman–Crippen MR) is 73.8 cm³/mol. The normalized spacial score (nSPS) is 10.1. The second kappa shape index (κ2) is 6.11. The Balaban J connectivity index is 2.04. The molecule has 1 heterocycles. The zero-order valence-corrected chi connectivity index (χ0v) is 11.3. The Kier molecular flexibility index (Phi) is 4.26. The number of benzene rings is 1. The molecule has 104 valence electrons. The molecule has 1 aromatic carbocycles. The summed E-state index contributed by atoms with van der Waals surface area (Å²) in [6, 6.07) is 6.13. The van der Waals surface area contributed by atoms with Crippen molar-refractivity contribution in [1.29, 1.82) is 0 Å². The number of amides is 1. The molecular formula is C12H11N3O4S. The number of thiazole rings is 1. The van der Waals surface area contributed by atoms with Crippen molar-refractivity contribution in [3.8, 4) is 5.75 Å². The average Bonchev–Trinajstić information content (AvgIpc) is 2.83. The second-order valence-corrected chi connectivity index (χ2v) is 4.70. The van der Waals surface area contributed by atoms with Gasteiger partial charge < -0.3 is 10.1 Å². The lowest BCUT2D eigenvalue weighted by molar-refractivity contribution is -0.385. The van der Waals surface area contributed by atoms with Gasteiger partial charge in [-0.2, -0.15) is 0 Å². The van der Waals surface area contributed by atoms with Crippen molar-refractivity contribution >= 4 is 28.1 Å². The monoisotopic (exact) mass is 293 g/mol. The van der Waals surface area contributed by atoms with E-state index in [1.807, 2.05) is 0 Å². The number of rotatable bonds is 5. The minimum Gasteiger partial charge on any atom is -0.480 e. The van der Waals surface area contributed by atoms with E-state index in [9.17, 15) is 14.9 Å². The van der Waals surface area contributed by atoms with Gasteiger partial charge in [0.15, 0.2) is 10.9 Å². The topological polar surface area (TPSA) is 94.4 Å². The lowest BCUT2D eigenvalue weighted by Crippen LogP contribution is -2.05. The van der Waals surface area contributed by atoms with E-state index >= 15 is 0 Å². The van der Waals surface area contributed by atoms with Crippen LogP contribution in [0, 0.1) is 10.1 Å². The highest BCUT2D eigenvalue weighted by Gasteiger charge is 2.14. The van der Waals surface area contributed by atoms with Crippen LogP contribution in [0.2, 0.25) is 0 Å². The Labute approximate surface area is 118 Å². The van der Waals surface area contributed by atoms with Crippen LogP contribution in [-0.2, 0) is 11.4 Å². The van der Waals surface area contributed by atoms with Gasteiger partial charge in [-0.1, -0.05) is 12.1 Å². The van der Waals surface area contributed by atoms with Gasteiger partial charge in [-0.25, -0.2) is 4.98 Å². The maximum absolute atomic E-state index is 10.9. The summed E-state index contributed by atoms with van der Waals surface area (Å²) in [5.41, 5.74) is 0.502. The number of nitro benzene ring substituents is 1. The number of ether oxygens (including phenoxy) is 1. The third-order valence-corrected chi connectivity index (χ3v) is 3.08. The molecule has 0 radical (unpaired) electrons. The van der Waals surface area contributed by atoms with Crippen molar-refractivity contribution in [2.75, 3.05) is 5.32 Å². The minimum atomic E-state index is -0.501. The molecule has 0 spiro atoms. The number of nitrogens with zero attached hydrogens (tertiary/aromatic N) is 2. The lowest BCUT2D eigenvalue weighted by atomic mass is 10.3. The molecule has 1 N–H and O–H groups in total. The van der Waals surface area contributed by atoms with E-state index in [4.69, 9.17) is 4.74 Å². The number of para-hydroxylation sites is 2. The van der Waals surface area contributed by atoms with E-state index in [0.717, 1.165) is 0 Å². The number of nitro groups is 1. The summed E-state index contributed by atoms with van der Waals surface area (Å²) in [5, 5.41) is 15.6. The molecule has 8 heteroatoms. The Hall–Kier alpha value is -2.48. The van der Waals surface area contributed by atoms with Gasteiger partial charge in [-0.15, -0.1) is 11.3 Å². The van der Waals surface area contributed by atoms with Crippen LogP contribution in [0.4, 0.5) is 10.8 Å². The number of anilines is 1.